The number of ketones is 1. The minimum absolute atomic E-state index is 0. The Hall–Kier alpha value is -1.95. The summed E-state index contributed by atoms with van der Waals surface area (Å²) in [6.07, 6.45) is 2.00. The van der Waals surface area contributed by atoms with Crippen LogP contribution in [0.2, 0.25) is 10.0 Å². The number of carbonyl (C=O) groups is 2. The van der Waals surface area contributed by atoms with E-state index in [1.54, 1.807) is 24.3 Å². The van der Waals surface area contributed by atoms with Gasteiger partial charge in [-0.3, -0.25) is 14.5 Å². The molecule has 2 heterocycles. The first-order valence-electron chi connectivity index (χ1n) is 11.1. The van der Waals surface area contributed by atoms with Gasteiger partial charge in [0.25, 0.3) is 0 Å². The molecule has 1 saturated carbocycles. The van der Waals surface area contributed by atoms with Gasteiger partial charge >= 0.3 is 0 Å². The molecular formula is C26H29Cl2FN2O2. The topological polar surface area (TPSA) is 49.4 Å². The zero-order chi connectivity index (χ0) is 22.8. The maximum Gasteiger partial charge on any atom is 0.250 e. The Morgan fingerprint density at radius 1 is 1.21 bits per heavy atom. The summed E-state index contributed by atoms with van der Waals surface area (Å²) >= 11 is 12.4. The number of anilines is 1. The molecule has 1 saturated heterocycles. The van der Waals surface area contributed by atoms with Gasteiger partial charge in [-0.05, 0) is 42.5 Å². The summed E-state index contributed by atoms with van der Waals surface area (Å²) in [7, 11) is 0. The third-order valence-corrected chi connectivity index (χ3v) is 7.76. The maximum absolute atomic E-state index is 15.5. The van der Waals surface area contributed by atoms with Gasteiger partial charge in [0.1, 0.15) is 17.1 Å². The van der Waals surface area contributed by atoms with E-state index < -0.39 is 23.2 Å². The molecule has 0 radical (unpaired) electrons. The molecule has 0 unspecified atom stereocenters. The lowest BCUT2D eigenvalue weighted by molar-refractivity contribution is -0.128. The number of benzene rings is 2. The van der Waals surface area contributed by atoms with Crippen molar-refractivity contribution in [1.82, 2.24) is 4.90 Å². The van der Waals surface area contributed by atoms with Crippen molar-refractivity contribution >= 4 is 40.6 Å². The molecule has 7 heteroatoms. The van der Waals surface area contributed by atoms with E-state index in [4.69, 9.17) is 23.2 Å². The summed E-state index contributed by atoms with van der Waals surface area (Å²) in [5, 5.41) is 3.50. The van der Waals surface area contributed by atoms with Gasteiger partial charge in [0, 0.05) is 47.1 Å². The van der Waals surface area contributed by atoms with E-state index in [2.05, 4.69) is 24.1 Å². The average Bonchev–Trinajstić information content (AvgIpc) is 3.17. The average molecular weight is 491 g/mol. The summed E-state index contributed by atoms with van der Waals surface area (Å²) in [6.45, 7) is 4.80. The monoisotopic (exact) mass is 490 g/mol. The number of likely N-dealkylation sites (tertiary alicyclic amines) is 1. The van der Waals surface area contributed by atoms with E-state index >= 15 is 4.39 Å². The smallest absolute Gasteiger partial charge is 0.250 e. The van der Waals surface area contributed by atoms with Crippen LogP contribution in [0.25, 0.3) is 0 Å². The molecule has 3 aliphatic rings. The van der Waals surface area contributed by atoms with Gasteiger partial charge in [0.2, 0.25) is 5.91 Å². The number of fused-ring (bicyclic) bond motifs is 3. The highest BCUT2D eigenvalue weighted by molar-refractivity contribution is 6.31. The minimum atomic E-state index is -1.20. The Labute approximate surface area is 204 Å². The fourth-order valence-electron chi connectivity index (χ4n) is 6.24. The van der Waals surface area contributed by atoms with Gasteiger partial charge in [-0.2, -0.15) is 0 Å². The minimum Gasteiger partial charge on any atom is -0.324 e. The molecule has 2 aromatic rings. The summed E-state index contributed by atoms with van der Waals surface area (Å²) in [6, 6.07) is 10.0. The lowest BCUT2D eigenvalue weighted by atomic mass is 9.68. The summed E-state index contributed by atoms with van der Waals surface area (Å²) < 4.78 is 15.5. The Balaban J connectivity index is 0.00000259. The standard InChI is InChI=1S/C25H25Cl2FN2O2.CH4/c1-13(2)12-30-19-7-4-8-20(31)21(19)22(15-5-3-6-17(27)23(15)28)25(30)16-10-9-14(26)11-18(16)29-24(25)32;/h3,5-6,9-11,13,19,21-22H,4,7-8,12H2,1-2H3,(H,29,32);1H4/t19-,21-,22-,25+;/m0./s1. The van der Waals surface area contributed by atoms with E-state index in [9.17, 15) is 9.59 Å². The van der Waals surface area contributed by atoms with Gasteiger partial charge < -0.3 is 5.32 Å². The van der Waals surface area contributed by atoms with Crippen molar-refractivity contribution in [3.63, 3.8) is 0 Å². The second-order valence-electron chi connectivity index (χ2n) is 9.53. The Kier molecular flexibility index (Phi) is 6.36. The van der Waals surface area contributed by atoms with Crippen LogP contribution in [0.3, 0.4) is 0 Å². The van der Waals surface area contributed by atoms with Crippen LogP contribution in [-0.2, 0) is 15.1 Å². The van der Waals surface area contributed by atoms with E-state index in [-0.39, 0.29) is 36.1 Å². The highest BCUT2D eigenvalue weighted by atomic mass is 35.5. The summed E-state index contributed by atoms with van der Waals surface area (Å²) in [5.41, 5.74) is 0.492. The molecule has 2 aliphatic heterocycles. The third-order valence-electron chi connectivity index (χ3n) is 7.24. The van der Waals surface area contributed by atoms with E-state index in [1.807, 2.05) is 6.07 Å². The molecule has 1 N–H and O–H groups in total. The number of hydrogen-bond acceptors (Lipinski definition) is 3. The quantitative estimate of drug-likeness (QED) is 0.540. The number of nitrogens with zero attached hydrogens (tertiary/aromatic N) is 1. The van der Waals surface area contributed by atoms with Gasteiger partial charge in [-0.25, -0.2) is 4.39 Å². The number of carbonyl (C=O) groups excluding carboxylic acids is 2. The number of hydrogen-bond donors (Lipinski definition) is 1. The van der Waals surface area contributed by atoms with E-state index in [0.717, 1.165) is 18.4 Å². The van der Waals surface area contributed by atoms with Crippen LogP contribution in [0.4, 0.5) is 10.1 Å². The van der Waals surface area contributed by atoms with Crippen molar-refractivity contribution in [3.05, 3.63) is 63.4 Å². The highest BCUT2D eigenvalue weighted by Gasteiger charge is 2.68. The van der Waals surface area contributed by atoms with Crippen LogP contribution in [0.15, 0.2) is 36.4 Å². The second-order valence-corrected chi connectivity index (χ2v) is 10.4. The largest absolute Gasteiger partial charge is 0.324 e. The molecule has 1 aliphatic carbocycles. The molecular weight excluding hydrogens is 462 g/mol. The number of nitrogens with one attached hydrogen (secondary N) is 1. The first-order chi connectivity index (χ1) is 15.3. The Bertz CT molecular complexity index is 1120. The molecule has 33 heavy (non-hydrogen) atoms. The molecule has 5 rings (SSSR count). The zero-order valence-electron chi connectivity index (χ0n) is 18.0. The Morgan fingerprint density at radius 2 is 1.97 bits per heavy atom. The first-order valence-corrected chi connectivity index (χ1v) is 11.9. The van der Waals surface area contributed by atoms with Crippen molar-refractivity contribution < 1.29 is 14.0 Å². The van der Waals surface area contributed by atoms with Gasteiger partial charge in [0.15, 0.2) is 0 Å². The lowest BCUT2D eigenvalue weighted by Crippen LogP contribution is -2.53. The summed E-state index contributed by atoms with van der Waals surface area (Å²) in [4.78, 5) is 29.5. The number of halogens is 3. The van der Waals surface area contributed by atoms with Crippen LogP contribution >= 0.6 is 23.2 Å². The summed E-state index contributed by atoms with van der Waals surface area (Å²) in [5.74, 6) is -1.62. The zero-order valence-corrected chi connectivity index (χ0v) is 19.5. The fourth-order valence-corrected chi connectivity index (χ4v) is 6.60. The van der Waals surface area contributed by atoms with E-state index in [1.165, 1.54) is 6.07 Å². The van der Waals surface area contributed by atoms with Crippen molar-refractivity contribution in [1.29, 1.82) is 0 Å². The molecule has 1 spiro atoms. The molecule has 0 bridgehead atoms. The maximum atomic E-state index is 15.5. The third kappa shape index (κ3) is 3.43. The van der Waals surface area contributed by atoms with Gasteiger partial charge in [-0.15, -0.1) is 0 Å². The molecule has 2 aromatic carbocycles. The fraction of sp³-hybridized carbons (Fsp3) is 0.462. The lowest BCUT2D eigenvalue weighted by Gasteiger charge is -2.40. The second kappa shape index (κ2) is 8.68. The van der Waals surface area contributed by atoms with E-state index in [0.29, 0.717) is 29.2 Å². The molecule has 0 aromatic heterocycles. The number of amides is 1. The normalized spacial score (nSPS) is 28.6. The predicted molar refractivity (Wildman–Crippen MR) is 130 cm³/mol. The van der Waals surface area contributed by atoms with Crippen molar-refractivity contribution in [2.75, 3.05) is 11.9 Å². The van der Waals surface area contributed by atoms with Crippen LogP contribution < -0.4 is 5.32 Å². The van der Waals surface area contributed by atoms with Crippen LogP contribution in [0, 0.1) is 17.7 Å². The van der Waals surface area contributed by atoms with Crippen molar-refractivity contribution in [3.8, 4) is 0 Å². The molecule has 4 nitrogen and oxygen atoms in total. The molecule has 176 valence electrons. The molecule has 4 atom stereocenters. The van der Waals surface area contributed by atoms with Gasteiger partial charge in [0.05, 0.1) is 5.02 Å². The van der Waals surface area contributed by atoms with Crippen LogP contribution in [-0.4, -0.2) is 29.2 Å². The predicted octanol–water partition coefficient (Wildman–Crippen LogP) is 6.41. The van der Waals surface area contributed by atoms with Crippen molar-refractivity contribution in [2.45, 2.75) is 58.0 Å². The van der Waals surface area contributed by atoms with Crippen LogP contribution in [0.5, 0.6) is 0 Å². The highest BCUT2D eigenvalue weighted by Crippen LogP contribution is 2.62. The van der Waals surface area contributed by atoms with Gasteiger partial charge in [-0.1, -0.05) is 62.7 Å². The molecule has 1 amide bonds. The van der Waals surface area contributed by atoms with Crippen molar-refractivity contribution in [2.24, 2.45) is 11.8 Å². The first kappa shape index (κ1) is 24.2. The number of Topliss-reactive ketones (excluding diaryl/α,β-unsaturated/α-hetero) is 1. The molecule has 2 fully saturated rings. The number of rotatable bonds is 3. The Morgan fingerprint density at radius 3 is 2.70 bits per heavy atom. The SMILES string of the molecule is C.CC(C)CN1[C@H]2CCCC(=O)[C@H]2[C@H](c2cccc(Cl)c2F)[C@]12C(=O)Nc1cc(Cl)ccc12. The van der Waals surface area contributed by atoms with Crippen LogP contribution in [0.1, 0.15) is 57.6 Å².